The molecule has 0 bridgehead atoms. The van der Waals surface area contributed by atoms with E-state index in [1.54, 1.807) is 0 Å². The molecule has 16 heavy (non-hydrogen) atoms. The third kappa shape index (κ3) is 1.81. The minimum Gasteiger partial charge on any atom is -0.478 e. The summed E-state index contributed by atoms with van der Waals surface area (Å²) in [6.45, 7) is 5.48. The fourth-order valence-corrected chi connectivity index (χ4v) is 1.31. The van der Waals surface area contributed by atoms with Gasteiger partial charge in [0.2, 0.25) is 5.71 Å². The molecule has 0 spiro atoms. The lowest BCUT2D eigenvalue weighted by Crippen LogP contribution is -2.09. The Bertz CT molecular complexity index is 568. The van der Waals surface area contributed by atoms with Gasteiger partial charge < -0.3 is 14.5 Å². The summed E-state index contributed by atoms with van der Waals surface area (Å²) in [5.74, 6) is -1.02. The van der Waals surface area contributed by atoms with Gasteiger partial charge in [-0.2, -0.15) is 0 Å². The number of rotatable bonds is 1. The van der Waals surface area contributed by atoms with Gasteiger partial charge in [0, 0.05) is 0 Å². The molecule has 0 radical (unpaired) electrons. The molecule has 0 saturated carbocycles. The number of aryl methyl sites for hydroxylation is 1. The van der Waals surface area contributed by atoms with Crippen LogP contribution in [0.1, 0.15) is 30.0 Å². The number of carbonyl (C=O) groups is 1. The van der Waals surface area contributed by atoms with Crippen LogP contribution in [0.5, 0.6) is 0 Å². The third-order valence-corrected chi connectivity index (χ3v) is 1.88. The van der Waals surface area contributed by atoms with E-state index in [0.29, 0.717) is 0 Å². The lowest BCUT2D eigenvalue weighted by molar-refractivity contribution is 0.0697. The van der Waals surface area contributed by atoms with Gasteiger partial charge in [0.1, 0.15) is 16.7 Å². The predicted octanol–water partition coefficient (Wildman–Crippen LogP) is 1.55. The Morgan fingerprint density at radius 1 is 1.50 bits per heavy atom. The van der Waals surface area contributed by atoms with E-state index in [0.717, 1.165) is 0 Å². The first-order chi connectivity index (χ1) is 7.61. The van der Waals surface area contributed by atoms with Crippen LogP contribution in [0.25, 0.3) is 11.1 Å². The Labute approximate surface area is 90.9 Å². The maximum atomic E-state index is 11.3. The van der Waals surface area contributed by atoms with Gasteiger partial charge in [-0.3, -0.25) is 4.79 Å². The molecule has 0 aromatic carbocycles. The molecule has 0 saturated heterocycles. The highest BCUT2D eigenvalue weighted by molar-refractivity contribution is 6.02. The highest BCUT2D eigenvalue weighted by atomic mass is 16.4. The molecule has 86 valence electrons. The second-order valence-corrected chi connectivity index (χ2v) is 2.75. The number of carboxylic acid groups (broad SMARTS) is 1. The molecule has 2 heterocycles. The monoisotopic (exact) mass is 224 g/mol. The Hall–Kier alpha value is -2.11. The SMILES string of the molecule is CC.Cc1oc2nc[nH]c(=O)c2c1C(=O)O. The zero-order chi connectivity index (χ0) is 12.3. The summed E-state index contributed by atoms with van der Waals surface area (Å²) in [5, 5.41) is 8.82. The number of aromatic carboxylic acids is 1. The molecular formula is C10H12N2O4. The zero-order valence-electron chi connectivity index (χ0n) is 9.20. The van der Waals surface area contributed by atoms with E-state index in [2.05, 4.69) is 9.97 Å². The number of fused-ring (bicyclic) bond motifs is 1. The molecule has 0 aliphatic rings. The summed E-state index contributed by atoms with van der Waals surface area (Å²) in [6.07, 6.45) is 1.17. The Morgan fingerprint density at radius 2 is 2.12 bits per heavy atom. The van der Waals surface area contributed by atoms with Gasteiger partial charge in [-0.15, -0.1) is 0 Å². The van der Waals surface area contributed by atoms with Gasteiger partial charge in [-0.05, 0) is 6.92 Å². The molecule has 2 rings (SSSR count). The minimum absolute atomic E-state index is 0.0162. The number of H-pyrrole nitrogens is 1. The lowest BCUT2D eigenvalue weighted by Gasteiger charge is -1.88. The van der Waals surface area contributed by atoms with E-state index >= 15 is 0 Å². The number of aromatic amines is 1. The van der Waals surface area contributed by atoms with Gasteiger partial charge in [0.25, 0.3) is 5.56 Å². The van der Waals surface area contributed by atoms with E-state index in [9.17, 15) is 9.59 Å². The second-order valence-electron chi connectivity index (χ2n) is 2.75. The van der Waals surface area contributed by atoms with Crippen molar-refractivity contribution in [2.45, 2.75) is 20.8 Å². The van der Waals surface area contributed by atoms with E-state index in [4.69, 9.17) is 9.52 Å². The second kappa shape index (κ2) is 4.61. The molecular weight excluding hydrogens is 212 g/mol. The summed E-state index contributed by atoms with van der Waals surface area (Å²) < 4.78 is 5.03. The van der Waals surface area contributed by atoms with Crippen LogP contribution in [0, 0.1) is 6.92 Å². The van der Waals surface area contributed by atoms with Gasteiger partial charge in [-0.25, -0.2) is 9.78 Å². The molecule has 0 aliphatic heterocycles. The molecule has 0 amide bonds. The number of aromatic nitrogens is 2. The minimum atomic E-state index is -1.19. The van der Waals surface area contributed by atoms with Crippen molar-refractivity contribution in [3.8, 4) is 0 Å². The number of hydrogen-bond donors (Lipinski definition) is 2. The van der Waals surface area contributed by atoms with Crippen molar-refractivity contribution in [3.63, 3.8) is 0 Å². The van der Waals surface area contributed by atoms with Gasteiger partial charge >= 0.3 is 5.97 Å². The van der Waals surface area contributed by atoms with Crippen molar-refractivity contribution in [2.24, 2.45) is 0 Å². The van der Waals surface area contributed by atoms with Crippen LogP contribution < -0.4 is 5.56 Å². The van der Waals surface area contributed by atoms with Gasteiger partial charge in [0.05, 0.1) is 6.33 Å². The van der Waals surface area contributed by atoms with Crippen LogP contribution >= 0.6 is 0 Å². The van der Waals surface area contributed by atoms with E-state index < -0.39 is 11.5 Å². The summed E-state index contributed by atoms with van der Waals surface area (Å²) in [7, 11) is 0. The van der Waals surface area contributed by atoms with Crippen molar-refractivity contribution in [3.05, 3.63) is 28.0 Å². The maximum Gasteiger partial charge on any atom is 0.340 e. The molecule has 2 N–H and O–H groups in total. The first kappa shape index (κ1) is 12.0. The lowest BCUT2D eigenvalue weighted by atomic mass is 10.2. The Kier molecular flexibility index (Phi) is 3.44. The van der Waals surface area contributed by atoms with Crippen molar-refractivity contribution in [1.82, 2.24) is 9.97 Å². The Morgan fingerprint density at radius 3 is 2.69 bits per heavy atom. The summed E-state index contributed by atoms with van der Waals surface area (Å²) in [5.41, 5.74) is -0.595. The average molecular weight is 224 g/mol. The van der Waals surface area contributed by atoms with Crippen molar-refractivity contribution in [2.75, 3.05) is 0 Å². The molecule has 2 aromatic heterocycles. The average Bonchev–Trinajstić information content (AvgIpc) is 2.59. The van der Waals surface area contributed by atoms with Crippen LogP contribution in [0.15, 0.2) is 15.5 Å². The molecule has 0 unspecified atom stereocenters. The van der Waals surface area contributed by atoms with Gasteiger partial charge in [0.15, 0.2) is 0 Å². The van der Waals surface area contributed by atoms with E-state index in [-0.39, 0.29) is 22.4 Å². The van der Waals surface area contributed by atoms with Crippen LogP contribution in [0.3, 0.4) is 0 Å². The smallest absolute Gasteiger partial charge is 0.340 e. The first-order valence-corrected chi connectivity index (χ1v) is 4.81. The molecule has 6 nitrogen and oxygen atoms in total. The molecule has 2 aromatic rings. The highest BCUT2D eigenvalue weighted by Crippen LogP contribution is 2.19. The molecule has 0 aliphatic carbocycles. The van der Waals surface area contributed by atoms with E-state index in [1.807, 2.05) is 13.8 Å². The predicted molar refractivity (Wildman–Crippen MR) is 57.7 cm³/mol. The summed E-state index contributed by atoms with van der Waals surface area (Å²) in [6, 6.07) is 0. The van der Waals surface area contributed by atoms with Crippen molar-refractivity contribution in [1.29, 1.82) is 0 Å². The number of nitrogens with one attached hydrogen (secondary N) is 1. The largest absolute Gasteiger partial charge is 0.478 e. The third-order valence-electron chi connectivity index (χ3n) is 1.88. The first-order valence-electron chi connectivity index (χ1n) is 4.81. The number of hydrogen-bond acceptors (Lipinski definition) is 4. The highest BCUT2D eigenvalue weighted by Gasteiger charge is 2.20. The molecule has 0 atom stereocenters. The van der Waals surface area contributed by atoms with Crippen molar-refractivity contribution < 1.29 is 14.3 Å². The Balaban J connectivity index is 0.000000606. The zero-order valence-corrected chi connectivity index (χ0v) is 9.20. The van der Waals surface area contributed by atoms with Crippen molar-refractivity contribution >= 4 is 17.1 Å². The van der Waals surface area contributed by atoms with Crippen LogP contribution in [0.2, 0.25) is 0 Å². The van der Waals surface area contributed by atoms with Crippen LogP contribution in [0.4, 0.5) is 0 Å². The van der Waals surface area contributed by atoms with Crippen LogP contribution in [-0.2, 0) is 0 Å². The fraction of sp³-hybridized carbons (Fsp3) is 0.300. The standard InChI is InChI=1S/C8H6N2O4.C2H6/c1-3-4(8(12)13)5-6(11)9-2-10-7(5)14-3;1-2/h2H,1H3,(H,12,13)(H,9,10,11);1-2H3. The van der Waals surface area contributed by atoms with E-state index in [1.165, 1.54) is 13.3 Å². The van der Waals surface area contributed by atoms with Crippen LogP contribution in [-0.4, -0.2) is 21.0 Å². The molecule has 6 heteroatoms. The number of carboxylic acids is 1. The number of furan rings is 1. The number of nitrogens with zero attached hydrogens (tertiary/aromatic N) is 1. The summed E-state index contributed by atoms with van der Waals surface area (Å²) >= 11 is 0. The normalized spacial score (nSPS) is 9.69. The maximum absolute atomic E-state index is 11.3. The quantitative estimate of drug-likeness (QED) is 0.766. The molecule has 0 fully saturated rings. The summed E-state index contributed by atoms with van der Waals surface area (Å²) in [4.78, 5) is 28.1. The van der Waals surface area contributed by atoms with Gasteiger partial charge in [-0.1, -0.05) is 13.8 Å². The fourth-order valence-electron chi connectivity index (χ4n) is 1.31. The topological polar surface area (TPSA) is 96.2 Å².